The lowest BCUT2D eigenvalue weighted by molar-refractivity contribution is -0.119. The number of benzene rings is 1. The Hall–Kier alpha value is -2.74. The third kappa shape index (κ3) is 3.08. The molecule has 4 rings (SSSR count). The number of hydrogen-bond acceptors (Lipinski definition) is 4. The summed E-state index contributed by atoms with van der Waals surface area (Å²) in [6.07, 6.45) is 4.50. The molecule has 0 spiro atoms. The standard InChI is InChI=1S/C18H20FN5O2/c1-24-9-11(6-21-24)12-7-20-8-13(12)18(26)23-16-5-15-10(4-14(16)19)2-3-17(25)22-15/h4-6,9,12-13,20H,2-3,7-8H2,1H3,(H,22,25)(H,23,26)/t12-,13+/m1/s1. The summed E-state index contributed by atoms with van der Waals surface area (Å²) in [5.74, 6) is -1.16. The van der Waals surface area contributed by atoms with Crippen molar-refractivity contribution >= 4 is 23.2 Å². The lowest BCUT2D eigenvalue weighted by Crippen LogP contribution is -2.28. The van der Waals surface area contributed by atoms with E-state index in [1.54, 1.807) is 10.9 Å². The quantitative estimate of drug-likeness (QED) is 0.775. The van der Waals surface area contributed by atoms with Crippen molar-refractivity contribution in [2.75, 3.05) is 23.7 Å². The number of carbonyl (C=O) groups is 2. The number of carbonyl (C=O) groups excluding carboxylic acids is 2. The summed E-state index contributed by atoms with van der Waals surface area (Å²) in [5.41, 5.74) is 2.38. The first-order chi connectivity index (χ1) is 12.5. The van der Waals surface area contributed by atoms with Gasteiger partial charge in [0, 0.05) is 44.4 Å². The Kier molecular flexibility index (Phi) is 4.20. The molecule has 1 saturated heterocycles. The molecule has 0 radical (unpaired) electrons. The number of aromatic nitrogens is 2. The van der Waals surface area contributed by atoms with Crippen LogP contribution in [0.1, 0.15) is 23.5 Å². The van der Waals surface area contributed by atoms with Crippen LogP contribution in [0, 0.1) is 11.7 Å². The fourth-order valence-electron chi connectivity index (χ4n) is 3.66. The Morgan fingerprint density at radius 1 is 1.35 bits per heavy atom. The predicted molar refractivity (Wildman–Crippen MR) is 94.3 cm³/mol. The van der Waals surface area contributed by atoms with Crippen molar-refractivity contribution in [3.05, 3.63) is 41.5 Å². The lowest BCUT2D eigenvalue weighted by atomic mass is 9.90. The van der Waals surface area contributed by atoms with Gasteiger partial charge in [-0.25, -0.2) is 4.39 Å². The number of rotatable bonds is 3. The zero-order chi connectivity index (χ0) is 18.3. The minimum atomic E-state index is -0.489. The van der Waals surface area contributed by atoms with Gasteiger partial charge in [-0.05, 0) is 29.7 Å². The van der Waals surface area contributed by atoms with Crippen molar-refractivity contribution in [3.8, 4) is 0 Å². The highest BCUT2D eigenvalue weighted by Crippen LogP contribution is 2.31. The van der Waals surface area contributed by atoms with E-state index in [1.165, 1.54) is 12.1 Å². The van der Waals surface area contributed by atoms with Gasteiger partial charge in [0.25, 0.3) is 0 Å². The molecule has 1 aromatic heterocycles. The van der Waals surface area contributed by atoms with Crippen LogP contribution in [-0.2, 0) is 23.1 Å². The molecule has 26 heavy (non-hydrogen) atoms. The van der Waals surface area contributed by atoms with E-state index in [2.05, 4.69) is 21.0 Å². The Balaban J connectivity index is 1.54. The van der Waals surface area contributed by atoms with E-state index < -0.39 is 5.82 Å². The highest BCUT2D eigenvalue weighted by atomic mass is 19.1. The van der Waals surface area contributed by atoms with Crippen molar-refractivity contribution in [1.29, 1.82) is 0 Å². The van der Waals surface area contributed by atoms with Gasteiger partial charge in [-0.3, -0.25) is 14.3 Å². The molecule has 2 aromatic rings. The van der Waals surface area contributed by atoms with Gasteiger partial charge in [-0.1, -0.05) is 0 Å². The summed E-state index contributed by atoms with van der Waals surface area (Å²) < 4.78 is 16.1. The first-order valence-corrected chi connectivity index (χ1v) is 8.63. The summed E-state index contributed by atoms with van der Waals surface area (Å²) in [5, 5.41) is 12.8. The van der Waals surface area contributed by atoms with Crippen molar-refractivity contribution in [2.24, 2.45) is 13.0 Å². The Labute approximate surface area is 150 Å². The number of halogens is 1. The van der Waals surface area contributed by atoms with Crippen LogP contribution in [0.25, 0.3) is 0 Å². The van der Waals surface area contributed by atoms with E-state index in [4.69, 9.17) is 0 Å². The molecule has 2 aliphatic rings. The highest BCUT2D eigenvalue weighted by molar-refractivity contribution is 5.97. The average Bonchev–Trinajstić information content (AvgIpc) is 3.24. The minimum Gasteiger partial charge on any atom is -0.326 e. The summed E-state index contributed by atoms with van der Waals surface area (Å²) in [6, 6.07) is 2.89. The van der Waals surface area contributed by atoms with Crippen LogP contribution < -0.4 is 16.0 Å². The molecule has 3 N–H and O–H groups in total. The highest BCUT2D eigenvalue weighted by Gasteiger charge is 2.35. The molecule has 0 saturated carbocycles. The molecular weight excluding hydrogens is 337 g/mol. The van der Waals surface area contributed by atoms with E-state index in [1.807, 2.05) is 13.2 Å². The first kappa shape index (κ1) is 16.7. The fourth-order valence-corrected chi connectivity index (χ4v) is 3.66. The average molecular weight is 357 g/mol. The van der Waals surface area contributed by atoms with Crippen molar-refractivity contribution in [2.45, 2.75) is 18.8 Å². The van der Waals surface area contributed by atoms with Gasteiger partial charge < -0.3 is 16.0 Å². The summed E-state index contributed by atoms with van der Waals surface area (Å²) in [6.45, 7) is 1.20. The number of nitrogens with zero attached hydrogens (tertiary/aromatic N) is 2. The van der Waals surface area contributed by atoms with E-state index in [9.17, 15) is 14.0 Å². The second kappa shape index (κ2) is 6.53. The van der Waals surface area contributed by atoms with E-state index in [0.29, 0.717) is 31.6 Å². The SMILES string of the molecule is Cn1cc([C@H]2CNC[C@@H]2C(=O)Nc2cc3c(cc2F)CCC(=O)N3)cn1. The zero-order valence-electron chi connectivity index (χ0n) is 14.4. The molecule has 8 heteroatoms. The van der Waals surface area contributed by atoms with Crippen LogP contribution in [0.15, 0.2) is 24.5 Å². The topological polar surface area (TPSA) is 88.0 Å². The number of anilines is 2. The van der Waals surface area contributed by atoms with Crippen LogP contribution in [0.4, 0.5) is 15.8 Å². The molecule has 1 fully saturated rings. The monoisotopic (exact) mass is 357 g/mol. The van der Waals surface area contributed by atoms with Gasteiger partial charge >= 0.3 is 0 Å². The van der Waals surface area contributed by atoms with Crippen LogP contribution in [0.2, 0.25) is 0 Å². The number of hydrogen-bond donors (Lipinski definition) is 3. The summed E-state index contributed by atoms with van der Waals surface area (Å²) >= 11 is 0. The maximum Gasteiger partial charge on any atom is 0.229 e. The van der Waals surface area contributed by atoms with Gasteiger partial charge in [-0.15, -0.1) is 0 Å². The fraction of sp³-hybridized carbons (Fsp3) is 0.389. The number of nitrogens with one attached hydrogen (secondary N) is 3. The summed E-state index contributed by atoms with van der Waals surface area (Å²) in [7, 11) is 1.83. The van der Waals surface area contributed by atoms with E-state index in [0.717, 1.165) is 11.1 Å². The van der Waals surface area contributed by atoms with Gasteiger partial charge in [0.2, 0.25) is 11.8 Å². The molecule has 3 heterocycles. The van der Waals surface area contributed by atoms with Crippen molar-refractivity contribution in [3.63, 3.8) is 0 Å². The Morgan fingerprint density at radius 3 is 2.96 bits per heavy atom. The van der Waals surface area contributed by atoms with Gasteiger partial charge in [-0.2, -0.15) is 5.10 Å². The van der Waals surface area contributed by atoms with E-state index >= 15 is 0 Å². The lowest BCUT2D eigenvalue weighted by Gasteiger charge is -2.20. The number of amides is 2. The van der Waals surface area contributed by atoms with Crippen molar-refractivity contribution < 1.29 is 14.0 Å². The molecule has 0 unspecified atom stereocenters. The second-order valence-corrected chi connectivity index (χ2v) is 6.85. The first-order valence-electron chi connectivity index (χ1n) is 8.63. The van der Waals surface area contributed by atoms with E-state index in [-0.39, 0.29) is 29.3 Å². The molecule has 2 atom stereocenters. The third-order valence-corrected chi connectivity index (χ3v) is 5.05. The molecule has 136 valence electrons. The van der Waals surface area contributed by atoms with Crippen molar-refractivity contribution in [1.82, 2.24) is 15.1 Å². The third-order valence-electron chi connectivity index (χ3n) is 5.05. The van der Waals surface area contributed by atoms with Crippen LogP contribution in [0.3, 0.4) is 0 Å². The normalized spacial score (nSPS) is 22.0. The van der Waals surface area contributed by atoms with Gasteiger partial charge in [0.05, 0.1) is 17.8 Å². The largest absolute Gasteiger partial charge is 0.326 e. The maximum absolute atomic E-state index is 14.4. The zero-order valence-corrected chi connectivity index (χ0v) is 14.4. The Bertz CT molecular complexity index is 878. The second-order valence-electron chi connectivity index (χ2n) is 6.85. The van der Waals surface area contributed by atoms with Gasteiger partial charge in [0.15, 0.2) is 0 Å². The molecule has 0 bridgehead atoms. The molecule has 1 aromatic carbocycles. The minimum absolute atomic E-state index is 0.0101. The smallest absolute Gasteiger partial charge is 0.229 e. The molecule has 2 aliphatic heterocycles. The summed E-state index contributed by atoms with van der Waals surface area (Å²) in [4.78, 5) is 24.3. The number of aryl methyl sites for hydroxylation is 2. The molecule has 0 aliphatic carbocycles. The molecule has 7 nitrogen and oxygen atoms in total. The van der Waals surface area contributed by atoms with Crippen LogP contribution in [-0.4, -0.2) is 34.7 Å². The molecular formula is C18H20FN5O2. The van der Waals surface area contributed by atoms with Crippen LogP contribution >= 0.6 is 0 Å². The maximum atomic E-state index is 14.4. The predicted octanol–water partition coefficient (Wildman–Crippen LogP) is 1.39. The van der Waals surface area contributed by atoms with Gasteiger partial charge in [0.1, 0.15) is 5.82 Å². The Morgan fingerprint density at radius 2 is 2.19 bits per heavy atom. The number of fused-ring (bicyclic) bond motifs is 1. The van der Waals surface area contributed by atoms with Crippen LogP contribution in [0.5, 0.6) is 0 Å². The molecule has 2 amide bonds.